The number of aliphatic carboxylic acids is 1. The van der Waals surface area contributed by atoms with Gasteiger partial charge in [0.05, 0.1) is 6.61 Å². The highest BCUT2D eigenvalue weighted by Crippen LogP contribution is 2.26. The number of carboxylic acid groups (broad SMARTS) is 1. The summed E-state index contributed by atoms with van der Waals surface area (Å²) in [6.45, 7) is 5.71. The number of rotatable bonds is 51. The number of allylic oxidation sites excluding steroid dienone is 18. The van der Waals surface area contributed by atoms with Gasteiger partial charge < -0.3 is 39.0 Å². The smallest absolute Gasteiger partial charge is 0.335 e. The maximum absolute atomic E-state index is 13.2. The summed E-state index contributed by atoms with van der Waals surface area (Å²) in [5.74, 6) is -3.27. The Hall–Kier alpha value is -4.62. The SMILES string of the molecule is CC/C=C\C/C=C\C/C=C\C/C=C\C/C=C\CCCCCC(=O)OCC(COC1OC(C(=O)O)C(O)C(O)C1OC(=O)CC/C=C\C/C=C\C/C=C\C/C=C\CC)OC(=O)CCCCCCCCCCCCCCCCCCC. The van der Waals surface area contributed by atoms with E-state index in [1.165, 1.54) is 83.5 Å². The summed E-state index contributed by atoms with van der Waals surface area (Å²) in [6.07, 6.45) is 60.7. The molecule has 6 unspecified atom stereocenters. The number of aliphatic hydroxyl groups excluding tert-OH is 2. The summed E-state index contributed by atoms with van der Waals surface area (Å²) < 4.78 is 28.3. The first-order valence-electron chi connectivity index (χ1n) is 30.9. The molecule has 0 spiro atoms. The molecule has 12 nitrogen and oxygen atoms in total. The van der Waals surface area contributed by atoms with Gasteiger partial charge in [0.2, 0.25) is 0 Å². The average Bonchev–Trinajstić information content (AvgIpc) is 3.44. The average molecular weight is 1110 g/mol. The van der Waals surface area contributed by atoms with Gasteiger partial charge in [0.25, 0.3) is 0 Å². The number of carbonyl (C=O) groups excluding carboxylic acids is 3. The third-order valence-electron chi connectivity index (χ3n) is 13.4. The zero-order chi connectivity index (χ0) is 57.5. The summed E-state index contributed by atoms with van der Waals surface area (Å²) in [4.78, 5) is 51.2. The van der Waals surface area contributed by atoms with Crippen molar-refractivity contribution >= 4 is 23.9 Å². The summed E-state index contributed by atoms with van der Waals surface area (Å²) >= 11 is 0. The Morgan fingerprint density at radius 3 is 1.27 bits per heavy atom. The summed E-state index contributed by atoms with van der Waals surface area (Å²) in [5, 5.41) is 31.5. The topological polar surface area (TPSA) is 175 Å². The van der Waals surface area contributed by atoms with Crippen molar-refractivity contribution in [1.29, 1.82) is 0 Å². The molecule has 0 saturated carbocycles. The van der Waals surface area contributed by atoms with E-state index >= 15 is 0 Å². The first-order chi connectivity index (χ1) is 38.6. The molecular formula is C67H108O12. The number of aliphatic hydroxyl groups is 2. The molecule has 1 saturated heterocycles. The first kappa shape index (κ1) is 72.4. The molecule has 1 heterocycles. The van der Waals surface area contributed by atoms with Gasteiger partial charge in [-0.1, -0.05) is 239 Å². The maximum Gasteiger partial charge on any atom is 0.335 e. The molecule has 0 aromatic carbocycles. The van der Waals surface area contributed by atoms with Crippen LogP contribution < -0.4 is 0 Å². The van der Waals surface area contributed by atoms with Crippen LogP contribution in [-0.2, 0) is 42.9 Å². The van der Waals surface area contributed by atoms with Crippen LogP contribution in [0, 0.1) is 0 Å². The van der Waals surface area contributed by atoms with Gasteiger partial charge in [0, 0.05) is 19.3 Å². The minimum absolute atomic E-state index is 0.0679. The van der Waals surface area contributed by atoms with Gasteiger partial charge in [-0.3, -0.25) is 14.4 Å². The largest absolute Gasteiger partial charge is 0.479 e. The molecule has 0 bridgehead atoms. The van der Waals surface area contributed by atoms with E-state index in [1.54, 1.807) is 0 Å². The number of esters is 3. The highest BCUT2D eigenvalue weighted by molar-refractivity contribution is 5.74. The number of carboxylic acids is 1. The fraction of sp³-hybridized carbons (Fsp3) is 0.672. The first-order valence-corrected chi connectivity index (χ1v) is 30.9. The van der Waals surface area contributed by atoms with Gasteiger partial charge >= 0.3 is 23.9 Å². The molecule has 0 radical (unpaired) electrons. The molecule has 1 fully saturated rings. The molecule has 448 valence electrons. The van der Waals surface area contributed by atoms with Crippen molar-refractivity contribution in [3.8, 4) is 0 Å². The molecule has 0 amide bonds. The molecule has 12 heteroatoms. The zero-order valence-electron chi connectivity index (χ0n) is 49.3. The molecular weight excluding hydrogens is 997 g/mol. The fourth-order valence-electron chi connectivity index (χ4n) is 8.70. The van der Waals surface area contributed by atoms with Crippen LogP contribution in [-0.4, -0.2) is 89.2 Å². The van der Waals surface area contributed by atoms with Crippen LogP contribution in [0.5, 0.6) is 0 Å². The fourth-order valence-corrected chi connectivity index (χ4v) is 8.70. The van der Waals surface area contributed by atoms with E-state index in [4.69, 9.17) is 23.7 Å². The van der Waals surface area contributed by atoms with Crippen LogP contribution in [0.4, 0.5) is 0 Å². The standard InChI is InChI=1S/C67H108O12/c1-4-7-10-13-16-19-22-25-27-29-30-32-33-36-38-41-44-47-50-53-59(68)75-56-58(77-60(69)54-51-48-45-42-40-37-34-31-28-26-23-20-17-14-11-8-5-2)57-76-67-65(63(72)62(71)64(79-67)66(73)74)78-61(70)55-52-49-46-43-39-35-24-21-18-15-12-9-6-3/h7,9-10,12,16,18-19,21,25,27,30,32,35-36,38-39,46,49,58,62-65,67,71-72H,4-6,8,11,13-15,17,20,22-24,26,28-29,31,33-34,37,40-45,47-48,50-57H2,1-3H3,(H,73,74)/b10-7-,12-9-,19-16-,21-18-,27-25-,32-30-,38-36-,39-35-,49-46-. The molecule has 1 aliphatic rings. The van der Waals surface area contributed by atoms with Gasteiger partial charge in [-0.2, -0.15) is 0 Å². The molecule has 3 N–H and O–H groups in total. The lowest BCUT2D eigenvalue weighted by Crippen LogP contribution is -2.61. The van der Waals surface area contributed by atoms with Crippen LogP contribution in [0.3, 0.4) is 0 Å². The Morgan fingerprint density at radius 1 is 0.430 bits per heavy atom. The van der Waals surface area contributed by atoms with Crippen molar-refractivity contribution < 1.29 is 58.2 Å². The van der Waals surface area contributed by atoms with Crippen molar-refractivity contribution in [2.45, 2.75) is 276 Å². The molecule has 6 atom stereocenters. The van der Waals surface area contributed by atoms with Crippen LogP contribution in [0.15, 0.2) is 109 Å². The van der Waals surface area contributed by atoms with Crippen molar-refractivity contribution in [1.82, 2.24) is 0 Å². The van der Waals surface area contributed by atoms with Gasteiger partial charge in [-0.25, -0.2) is 4.79 Å². The Balaban J connectivity index is 2.73. The van der Waals surface area contributed by atoms with E-state index in [0.29, 0.717) is 25.7 Å². The number of hydrogen-bond acceptors (Lipinski definition) is 11. The molecule has 0 aromatic rings. The number of ether oxygens (including phenoxy) is 5. The lowest BCUT2D eigenvalue weighted by molar-refractivity contribution is -0.301. The summed E-state index contributed by atoms with van der Waals surface area (Å²) in [7, 11) is 0. The van der Waals surface area contributed by atoms with Crippen molar-refractivity contribution in [2.75, 3.05) is 13.2 Å². The van der Waals surface area contributed by atoms with Crippen LogP contribution in [0.2, 0.25) is 0 Å². The van der Waals surface area contributed by atoms with Crippen molar-refractivity contribution in [2.24, 2.45) is 0 Å². The van der Waals surface area contributed by atoms with Crippen LogP contribution >= 0.6 is 0 Å². The van der Waals surface area contributed by atoms with Gasteiger partial charge in [0.1, 0.15) is 18.8 Å². The van der Waals surface area contributed by atoms with E-state index < -0.39 is 67.3 Å². The second-order valence-corrected chi connectivity index (χ2v) is 20.6. The third kappa shape index (κ3) is 43.8. The van der Waals surface area contributed by atoms with Crippen molar-refractivity contribution in [3.05, 3.63) is 109 Å². The van der Waals surface area contributed by atoms with Gasteiger partial charge in [0.15, 0.2) is 24.6 Å². The molecule has 0 aromatic heterocycles. The quantitative estimate of drug-likeness (QED) is 0.0228. The monoisotopic (exact) mass is 1100 g/mol. The molecule has 1 rings (SSSR count). The Bertz CT molecular complexity index is 1790. The second-order valence-electron chi connectivity index (χ2n) is 20.6. The summed E-state index contributed by atoms with van der Waals surface area (Å²) in [6, 6.07) is 0. The minimum Gasteiger partial charge on any atom is -0.479 e. The number of unbranched alkanes of at least 4 members (excludes halogenated alkanes) is 19. The van der Waals surface area contributed by atoms with E-state index in [1.807, 2.05) is 18.2 Å². The Kier molecular flexibility index (Phi) is 49.5. The highest BCUT2D eigenvalue weighted by atomic mass is 16.7. The maximum atomic E-state index is 13.2. The van der Waals surface area contributed by atoms with E-state index in [2.05, 4.69) is 112 Å². The zero-order valence-corrected chi connectivity index (χ0v) is 49.3. The van der Waals surface area contributed by atoms with Gasteiger partial charge in [-0.15, -0.1) is 0 Å². The third-order valence-corrected chi connectivity index (χ3v) is 13.4. The number of hydrogen-bond donors (Lipinski definition) is 3. The lowest BCUT2D eigenvalue weighted by atomic mass is 9.98. The highest BCUT2D eigenvalue weighted by Gasteiger charge is 2.50. The Morgan fingerprint density at radius 2 is 0.823 bits per heavy atom. The minimum atomic E-state index is -1.93. The normalized spacial score (nSPS) is 18.6. The van der Waals surface area contributed by atoms with Gasteiger partial charge in [-0.05, 0) is 89.9 Å². The van der Waals surface area contributed by atoms with Crippen LogP contribution in [0.25, 0.3) is 0 Å². The van der Waals surface area contributed by atoms with Crippen LogP contribution in [0.1, 0.15) is 239 Å². The Labute approximate surface area is 478 Å². The number of carbonyl (C=O) groups is 4. The second kappa shape index (κ2) is 54.0. The van der Waals surface area contributed by atoms with E-state index in [9.17, 15) is 34.5 Å². The predicted octanol–water partition coefficient (Wildman–Crippen LogP) is 16.2. The summed E-state index contributed by atoms with van der Waals surface area (Å²) in [5.41, 5.74) is 0. The molecule has 79 heavy (non-hydrogen) atoms. The molecule has 0 aliphatic carbocycles. The predicted molar refractivity (Wildman–Crippen MR) is 321 cm³/mol. The lowest BCUT2D eigenvalue weighted by Gasteiger charge is -2.40. The van der Waals surface area contributed by atoms with E-state index in [-0.39, 0.29) is 25.9 Å². The molecule has 1 aliphatic heterocycles. The van der Waals surface area contributed by atoms with Crippen molar-refractivity contribution in [3.63, 3.8) is 0 Å². The van der Waals surface area contributed by atoms with E-state index in [0.717, 1.165) is 89.9 Å².